The molecule has 2 N–H and O–H groups in total. The maximum atomic E-state index is 9.72. The van der Waals surface area contributed by atoms with Crippen molar-refractivity contribution in [3.8, 4) is 0 Å². The Morgan fingerprint density at radius 2 is 1.93 bits per heavy atom. The van der Waals surface area contributed by atoms with Crippen molar-refractivity contribution in [3.05, 3.63) is 83.7 Å². The first-order valence-corrected chi connectivity index (χ1v) is 10.4. The van der Waals surface area contributed by atoms with Gasteiger partial charge in [-0.15, -0.1) is 0 Å². The molecular weight excluding hydrogens is 358 g/mol. The number of pyridine rings is 1. The highest BCUT2D eigenvalue weighted by Crippen LogP contribution is 2.35. The molecule has 150 valence electrons. The second-order valence-corrected chi connectivity index (χ2v) is 7.92. The van der Waals surface area contributed by atoms with Gasteiger partial charge in [0.15, 0.2) is 0 Å². The van der Waals surface area contributed by atoms with E-state index in [4.69, 9.17) is 0 Å². The third-order valence-electron chi connectivity index (χ3n) is 5.93. The zero-order valence-electron chi connectivity index (χ0n) is 17.2. The second kappa shape index (κ2) is 8.66. The molecule has 0 saturated heterocycles. The van der Waals surface area contributed by atoms with Crippen LogP contribution in [0.4, 0.5) is 17.1 Å². The average Bonchev–Trinajstić information content (AvgIpc) is 2.77. The Labute approximate surface area is 173 Å². The smallest absolute Gasteiger partial charge is 0.0761 e. The standard InChI is InChI=1S/C25H29N3O/c1-18(29)19-8-10-23(11-9-19)28(2)24-12-13-25-20(15-24)5-3-6-21(25)16-27-22-7-4-14-26-17-22/h4,7-15,17-18,21,27,29H,3,5-6,16H2,1-2H3/t18-,21-/m0/s1. The van der Waals surface area contributed by atoms with Gasteiger partial charge in [0, 0.05) is 43.3 Å². The Morgan fingerprint density at radius 3 is 2.66 bits per heavy atom. The normalized spacial score (nSPS) is 16.7. The molecule has 0 radical (unpaired) electrons. The van der Waals surface area contributed by atoms with Crippen LogP contribution in [0.5, 0.6) is 0 Å². The van der Waals surface area contributed by atoms with E-state index in [-0.39, 0.29) is 0 Å². The molecule has 4 heteroatoms. The summed E-state index contributed by atoms with van der Waals surface area (Å²) in [4.78, 5) is 6.40. The maximum absolute atomic E-state index is 9.72. The summed E-state index contributed by atoms with van der Waals surface area (Å²) in [5.74, 6) is 0.531. The molecule has 0 spiro atoms. The van der Waals surface area contributed by atoms with E-state index >= 15 is 0 Å². The Morgan fingerprint density at radius 1 is 1.14 bits per heavy atom. The molecular formula is C25H29N3O. The number of hydrogen-bond acceptors (Lipinski definition) is 4. The summed E-state index contributed by atoms with van der Waals surface area (Å²) in [6, 6.07) is 19.0. The van der Waals surface area contributed by atoms with Crippen molar-refractivity contribution in [3.63, 3.8) is 0 Å². The Balaban J connectivity index is 1.50. The molecule has 2 atom stereocenters. The molecule has 2 aromatic carbocycles. The lowest BCUT2D eigenvalue weighted by Gasteiger charge is -2.28. The number of fused-ring (bicyclic) bond motifs is 1. The van der Waals surface area contributed by atoms with Gasteiger partial charge in [-0.3, -0.25) is 4.98 Å². The first-order valence-electron chi connectivity index (χ1n) is 10.4. The fraction of sp³-hybridized carbons (Fsp3) is 0.320. The Hall–Kier alpha value is -2.85. The summed E-state index contributed by atoms with van der Waals surface area (Å²) in [6.45, 7) is 2.73. The largest absolute Gasteiger partial charge is 0.389 e. The van der Waals surface area contributed by atoms with Crippen LogP contribution in [0.1, 0.15) is 48.5 Å². The first kappa shape index (κ1) is 19.5. The summed E-state index contributed by atoms with van der Waals surface area (Å²) >= 11 is 0. The SMILES string of the molecule is C[C@H](O)c1ccc(N(C)c2ccc3c(c2)CCC[C@H]3CNc2cccnc2)cc1. The van der Waals surface area contributed by atoms with E-state index in [2.05, 4.69) is 58.6 Å². The molecule has 4 rings (SSSR count). The number of nitrogens with zero attached hydrogens (tertiary/aromatic N) is 2. The summed E-state index contributed by atoms with van der Waals surface area (Å²) in [7, 11) is 2.10. The minimum atomic E-state index is -0.435. The third-order valence-corrected chi connectivity index (χ3v) is 5.93. The second-order valence-electron chi connectivity index (χ2n) is 7.92. The van der Waals surface area contributed by atoms with Crippen LogP contribution in [0.3, 0.4) is 0 Å². The van der Waals surface area contributed by atoms with Gasteiger partial charge in [0.1, 0.15) is 0 Å². The van der Waals surface area contributed by atoms with Gasteiger partial charge in [-0.1, -0.05) is 18.2 Å². The summed E-state index contributed by atoms with van der Waals surface area (Å²) < 4.78 is 0. The quantitative estimate of drug-likeness (QED) is 0.592. The van der Waals surface area contributed by atoms with Crippen LogP contribution in [0.2, 0.25) is 0 Å². The van der Waals surface area contributed by atoms with Gasteiger partial charge in [0.05, 0.1) is 11.8 Å². The maximum Gasteiger partial charge on any atom is 0.0761 e. The number of anilines is 3. The molecule has 0 aliphatic heterocycles. The van der Waals surface area contributed by atoms with Gasteiger partial charge in [0.2, 0.25) is 0 Å². The van der Waals surface area contributed by atoms with Crippen molar-refractivity contribution < 1.29 is 5.11 Å². The van der Waals surface area contributed by atoms with Crippen molar-refractivity contribution in [1.82, 2.24) is 4.98 Å². The molecule has 29 heavy (non-hydrogen) atoms. The van der Waals surface area contributed by atoms with E-state index < -0.39 is 6.10 Å². The van der Waals surface area contributed by atoms with Crippen molar-refractivity contribution in [2.75, 3.05) is 23.8 Å². The predicted molar refractivity (Wildman–Crippen MR) is 120 cm³/mol. The molecule has 0 fully saturated rings. The lowest BCUT2D eigenvalue weighted by Crippen LogP contribution is -2.19. The van der Waals surface area contributed by atoms with Crippen LogP contribution >= 0.6 is 0 Å². The van der Waals surface area contributed by atoms with E-state index in [0.29, 0.717) is 5.92 Å². The molecule has 0 saturated carbocycles. The molecule has 0 unspecified atom stereocenters. The number of nitrogens with one attached hydrogen (secondary N) is 1. The number of aromatic nitrogens is 1. The molecule has 1 heterocycles. The highest BCUT2D eigenvalue weighted by atomic mass is 16.3. The molecule has 1 aliphatic carbocycles. The Kier molecular flexibility index (Phi) is 5.81. The van der Waals surface area contributed by atoms with Crippen LogP contribution in [-0.2, 0) is 6.42 Å². The summed E-state index contributed by atoms with van der Waals surface area (Å²) in [6.07, 6.45) is 6.83. The van der Waals surface area contributed by atoms with Crippen LogP contribution in [0.15, 0.2) is 67.0 Å². The number of hydrogen-bond donors (Lipinski definition) is 2. The van der Waals surface area contributed by atoms with Crippen molar-refractivity contribution in [2.24, 2.45) is 0 Å². The number of rotatable bonds is 6. The highest BCUT2D eigenvalue weighted by molar-refractivity contribution is 5.64. The van der Waals surface area contributed by atoms with Gasteiger partial charge in [0.25, 0.3) is 0 Å². The molecule has 1 aliphatic rings. The fourth-order valence-electron chi connectivity index (χ4n) is 4.16. The number of benzene rings is 2. The number of aliphatic hydroxyl groups is 1. The molecule has 0 bridgehead atoms. The van der Waals surface area contributed by atoms with Crippen LogP contribution in [0, 0.1) is 0 Å². The van der Waals surface area contributed by atoms with Crippen molar-refractivity contribution >= 4 is 17.1 Å². The topological polar surface area (TPSA) is 48.4 Å². The van der Waals surface area contributed by atoms with Crippen LogP contribution in [-0.4, -0.2) is 23.7 Å². The molecule has 3 aromatic rings. The van der Waals surface area contributed by atoms with Crippen molar-refractivity contribution in [1.29, 1.82) is 0 Å². The van der Waals surface area contributed by atoms with E-state index in [0.717, 1.165) is 29.9 Å². The highest BCUT2D eigenvalue weighted by Gasteiger charge is 2.21. The Bertz CT molecular complexity index is 938. The predicted octanol–water partition coefficient (Wildman–Crippen LogP) is 5.43. The van der Waals surface area contributed by atoms with Gasteiger partial charge in [-0.2, -0.15) is 0 Å². The van der Waals surface area contributed by atoms with E-state index in [1.54, 1.807) is 13.1 Å². The fourth-order valence-corrected chi connectivity index (χ4v) is 4.16. The number of aliphatic hydroxyl groups excluding tert-OH is 1. The first-order chi connectivity index (χ1) is 14.1. The van der Waals surface area contributed by atoms with E-state index in [9.17, 15) is 5.11 Å². The van der Waals surface area contributed by atoms with Crippen molar-refractivity contribution in [2.45, 2.75) is 38.2 Å². The minimum Gasteiger partial charge on any atom is -0.389 e. The average molecular weight is 388 g/mol. The molecule has 4 nitrogen and oxygen atoms in total. The summed E-state index contributed by atoms with van der Waals surface area (Å²) in [5.41, 5.74) is 7.27. The van der Waals surface area contributed by atoms with E-state index in [1.165, 1.54) is 29.7 Å². The summed E-state index contributed by atoms with van der Waals surface area (Å²) in [5, 5.41) is 13.3. The molecule has 1 aromatic heterocycles. The van der Waals surface area contributed by atoms with Crippen LogP contribution < -0.4 is 10.2 Å². The minimum absolute atomic E-state index is 0.435. The lowest BCUT2D eigenvalue weighted by molar-refractivity contribution is 0.199. The van der Waals surface area contributed by atoms with E-state index in [1.807, 2.05) is 24.4 Å². The van der Waals surface area contributed by atoms with Gasteiger partial charge in [-0.05, 0) is 79.3 Å². The molecule has 0 amide bonds. The van der Waals surface area contributed by atoms with Gasteiger partial charge < -0.3 is 15.3 Å². The van der Waals surface area contributed by atoms with Gasteiger partial charge in [-0.25, -0.2) is 0 Å². The zero-order chi connectivity index (χ0) is 20.2. The zero-order valence-corrected chi connectivity index (χ0v) is 17.2. The lowest BCUT2D eigenvalue weighted by atomic mass is 9.82. The third kappa shape index (κ3) is 4.43. The van der Waals surface area contributed by atoms with Gasteiger partial charge >= 0.3 is 0 Å². The monoisotopic (exact) mass is 387 g/mol. The number of aryl methyl sites for hydroxylation is 1. The van der Waals surface area contributed by atoms with Crippen LogP contribution in [0.25, 0.3) is 0 Å².